The fourth-order valence-corrected chi connectivity index (χ4v) is 5.01. The van der Waals surface area contributed by atoms with Gasteiger partial charge in [-0.25, -0.2) is 9.59 Å². The predicted molar refractivity (Wildman–Crippen MR) is 125 cm³/mol. The maximum absolute atomic E-state index is 12.4. The zero-order valence-corrected chi connectivity index (χ0v) is 21.0. The number of likely N-dealkylation sites (tertiary alicyclic amines) is 1. The Bertz CT molecular complexity index is 1120. The molecule has 9 nitrogen and oxygen atoms in total. The molecule has 16 heteroatoms. The van der Waals surface area contributed by atoms with E-state index in [1.807, 2.05) is 53.9 Å². The van der Waals surface area contributed by atoms with Crippen LogP contribution < -0.4 is 0 Å². The minimum Gasteiger partial charge on any atom is -0.475 e. The Morgan fingerprint density at radius 2 is 1.62 bits per heavy atom. The van der Waals surface area contributed by atoms with E-state index in [9.17, 15) is 31.1 Å². The predicted octanol–water partition coefficient (Wildman–Crippen LogP) is 3.97. The minimum atomic E-state index is -5.08. The highest BCUT2D eigenvalue weighted by Gasteiger charge is 2.51. The molecule has 1 amide bonds. The number of thioether (sulfide) groups is 1. The number of carboxylic acid groups (broad SMARTS) is 2. The molecule has 2 aromatic heterocycles. The monoisotopic (exact) mass is 583 g/mol. The number of aliphatic carboxylic acids is 2. The zero-order chi connectivity index (χ0) is 29.4. The molecule has 2 N–H and O–H groups in total. The van der Waals surface area contributed by atoms with Gasteiger partial charge in [-0.05, 0) is 37.6 Å². The number of hydrogen-bond donors (Lipinski definition) is 2. The lowest BCUT2D eigenvalue weighted by atomic mass is 9.92. The van der Waals surface area contributed by atoms with Gasteiger partial charge in [0.25, 0.3) is 5.91 Å². The van der Waals surface area contributed by atoms with Gasteiger partial charge in [-0.2, -0.15) is 26.3 Å². The highest BCUT2D eigenvalue weighted by Crippen LogP contribution is 2.46. The molecular formula is C23H23F6N3O6S. The second kappa shape index (κ2) is 13.1. The minimum absolute atomic E-state index is 0.0279. The number of rotatable bonds is 4. The molecule has 1 atom stereocenters. The van der Waals surface area contributed by atoms with E-state index in [1.54, 1.807) is 12.3 Å². The van der Waals surface area contributed by atoms with Gasteiger partial charge in [-0.3, -0.25) is 14.8 Å². The smallest absolute Gasteiger partial charge is 0.475 e. The number of pyridine rings is 2. The molecule has 214 valence electrons. The molecule has 0 bridgehead atoms. The van der Waals surface area contributed by atoms with Crippen molar-refractivity contribution in [2.45, 2.75) is 43.2 Å². The summed E-state index contributed by atoms with van der Waals surface area (Å²) < 4.78 is 69.7. The molecule has 4 heterocycles. The fourth-order valence-electron chi connectivity index (χ4n) is 3.46. The average molecular weight is 584 g/mol. The van der Waals surface area contributed by atoms with Crippen LogP contribution in [0.4, 0.5) is 26.3 Å². The second-order valence-corrected chi connectivity index (χ2v) is 9.87. The number of carbonyl (C=O) groups excluding carboxylic acids is 1. The van der Waals surface area contributed by atoms with Gasteiger partial charge in [0.15, 0.2) is 0 Å². The topological polar surface area (TPSA) is 130 Å². The molecule has 2 aromatic rings. The Labute approximate surface area is 222 Å². The third-order valence-corrected chi connectivity index (χ3v) is 6.78. The lowest BCUT2D eigenvalue weighted by Gasteiger charge is -2.47. The highest BCUT2D eigenvalue weighted by atomic mass is 32.2. The van der Waals surface area contributed by atoms with E-state index in [0.29, 0.717) is 12.3 Å². The summed E-state index contributed by atoms with van der Waals surface area (Å²) in [7, 11) is 0. The Hall–Kier alpha value is -3.40. The van der Waals surface area contributed by atoms with E-state index in [0.717, 1.165) is 36.7 Å². The average Bonchev–Trinajstić information content (AvgIpc) is 3.26. The molecule has 0 aliphatic carbocycles. The highest BCUT2D eigenvalue weighted by molar-refractivity contribution is 8.01. The van der Waals surface area contributed by atoms with Gasteiger partial charge in [0.05, 0.1) is 23.2 Å². The van der Waals surface area contributed by atoms with Crippen molar-refractivity contribution in [1.29, 1.82) is 0 Å². The summed E-state index contributed by atoms with van der Waals surface area (Å²) >= 11 is 1.93. The Morgan fingerprint density at radius 1 is 1.03 bits per heavy atom. The van der Waals surface area contributed by atoms with Crippen molar-refractivity contribution in [3.8, 4) is 0 Å². The molecule has 2 saturated heterocycles. The third kappa shape index (κ3) is 10.0. The summed E-state index contributed by atoms with van der Waals surface area (Å²) in [6, 6.07) is 11.5. The first-order valence-corrected chi connectivity index (χ1v) is 12.0. The number of hydrogen-bond acceptors (Lipinski definition) is 7. The number of amides is 1. The lowest BCUT2D eigenvalue weighted by Crippen LogP contribution is -2.60. The summed E-state index contributed by atoms with van der Waals surface area (Å²) in [4.78, 5) is 40.7. The molecule has 0 saturated carbocycles. The number of carboxylic acids is 2. The largest absolute Gasteiger partial charge is 0.490 e. The summed E-state index contributed by atoms with van der Waals surface area (Å²) in [5.41, 5.74) is 2.52. The van der Waals surface area contributed by atoms with Gasteiger partial charge in [0.1, 0.15) is 5.69 Å². The summed E-state index contributed by atoms with van der Waals surface area (Å²) in [5.74, 6) is -4.50. The van der Waals surface area contributed by atoms with E-state index in [-0.39, 0.29) is 16.8 Å². The van der Waals surface area contributed by atoms with Crippen LogP contribution in [0.3, 0.4) is 0 Å². The third-order valence-electron chi connectivity index (χ3n) is 5.20. The molecule has 39 heavy (non-hydrogen) atoms. The van der Waals surface area contributed by atoms with Crippen molar-refractivity contribution >= 4 is 29.6 Å². The molecule has 4 rings (SSSR count). The van der Waals surface area contributed by atoms with Crippen molar-refractivity contribution in [2.24, 2.45) is 0 Å². The second-order valence-electron chi connectivity index (χ2n) is 8.38. The van der Waals surface area contributed by atoms with Crippen LogP contribution in [-0.4, -0.2) is 85.0 Å². The number of aromatic nitrogens is 2. The standard InChI is InChI=1S/C19H21N3O2S.2C2HF3O2/c1-14-5-4-6-15(21-14)10-24-16-9-19(25-11-16)12-22(13-19)18(23)17-7-2-3-8-20-17;2*3-2(4,5)1(6)7/h2-8,16H,9-13H2,1H3;2*(H,6,7). The van der Waals surface area contributed by atoms with Crippen molar-refractivity contribution in [2.75, 3.05) is 18.8 Å². The SMILES string of the molecule is Cc1cccc(COC2CSC3(C2)CN(C(=O)c2ccccn2)C3)n1.O=C(O)C(F)(F)F.O=C(O)C(F)(F)F. The summed E-state index contributed by atoms with van der Waals surface area (Å²) in [6.45, 7) is 4.12. The van der Waals surface area contributed by atoms with Crippen LogP contribution in [-0.2, 0) is 20.9 Å². The zero-order valence-electron chi connectivity index (χ0n) is 20.2. The maximum atomic E-state index is 12.4. The van der Waals surface area contributed by atoms with E-state index in [2.05, 4.69) is 9.97 Å². The number of carbonyl (C=O) groups is 3. The Balaban J connectivity index is 0.000000317. The molecule has 0 aromatic carbocycles. The van der Waals surface area contributed by atoms with E-state index in [4.69, 9.17) is 24.5 Å². The van der Waals surface area contributed by atoms with Gasteiger partial charge < -0.3 is 19.8 Å². The van der Waals surface area contributed by atoms with Gasteiger partial charge in [0, 0.05) is 30.7 Å². The van der Waals surface area contributed by atoms with E-state index >= 15 is 0 Å². The van der Waals surface area contributed by atoms with Crippen molar-refractivity contribution in [3.63, 3.8) is 0 Å². The van der Waals surface area contributed by atoms with Gasteiger partial charge in [0.2, 0.25) is 0 Å². The molecular weight excluding hydrogens is 560 g/mol. The van der Waals surface area contributed by atoms with E-state index < -0.39 is 24.3 Å². The molecule has 2 aliphatic heterocycles. The molecule has 2 fully saturated rings. The Morgan fingerprint density at radius 3 is 2.10 bits per heavy atom. The number of ether oxygens (including phenoxy) is 1. The normalized spacial score (nSPS) is 17.7. The number of nitrogens with zero attached hydrogens (tertiary/aromatic N) is 3. The first-order chi connectivity index (χ1) is 18.0. The molecule has 1 unspecified atom stereocenters. The lowest BCUT2D eigenvalue weighted by molar-refractivity contribution is -0.193. The fraction of sp³-hybridized carbons (Fsp3) is 0.435. The maximum Gasteiger partial charge on any atom is 0.490 e. The van der Waals surface area contributed by atoms with Crippen LogP contribution in [0.1, 0.15) is 28.3 Å². The van der Waals surface area contributed by atoms with Crippen LogP contribution in [0.5, 0.6) is 0 Å². The van der Waals surface area contributed by atoms with Crippen LogP contribution in [0, 0.1) is 6.92 Å². The number of aryl methyl sites for hydroxylation is 1. The van der Waals surface area contributed by atoms with Crippen LogP contribution in [0.2, 0.25) is 0 Å². The number of alkyl halides is 6. The van der Waals surface area contributed by atoms with Crippen molar-refractivity contribution in [1.82, 2.24) is 14.9 Å². The summed E-state index contributed by atoms with van der Waals surface area (Å²) in [5, 5.41) is 14.2. The Kier molecular flexibility index (Phi) is 10.7. The molecule has 0 radical (unpaired) electrons. The van der Waals surface area contributed by atoms with Crippen molar-refractivity contribution < 1.29 is 55.7 Å². The molecule has 2 aliphatic rings. The van der Waals surface area contributed by atoms with Gasteiger partial charge in [-0.1, -0.05) is 12.1 Å². The number of halogens is 6. The van der Waals surface area contributed by atoms with Gasteiger partial charge >= 0.3 is 24.3 Å². The quantitative estimate of drug-likeness (QED) is 0.514. The van der Waals surface area contributed by atoms with Crippen LogP contribution >= 0.6 is 11.8 Å². The summed E-state index contributed by atoms with van der Waals surface area (Å²) in [6.07, 6.45) is -7.27. The van der Waals surface area contributed by atoms with Gasteiger partial charge in [-0.15, -0.1) is 11.8 Å². The van der Waals surface area contributed by atoms with Crippen molar-refractivity contribution in [3.05, 3.63) is 59.7 Å². The first kappa shape index (κ1) is 31.8. The van der Waals surface area contributed by atoms with E-state index in [1.165, 1.54) is 0 Å². The molecule has 1 spiro atoms. The van der Waals surface area contributed by atoms with Crippen LogP contribution in [0.25, 0.3) is 0 Å². The van der Waals surface area contributed by atoms with Crippen LogP contribution in [0.15, 0.2) is 42.6 Å². The first-order valence-electron chi connectivity index (χ1n) is 11.0.